The Bertz CT molecular complexity index is 2820. The van der Waals surface area contributed by atoms with E-state index in [1.54, 1.807) is 0 Å². The number of para-hydroxylation sites is 2. The minimum atomic E-state index is -0.0986. The maximum absolute atomic E-state index is 6.70. The van der Waals surface area contributed by atoms with Gasteiger partial charge in [0.05, 0.1) is 0 Å². The third-order valence-electron chi connectivity index (χ3n) is 9.99. The van der Waals surface area contributed by atoms with Crippen LogP contribution in [0.4, 0.5) is 0 Å². The molecule has 2 heteroatoms. The Morgan fingerprint density at radius 3 is 1.71 bits per heavy atom. The lowest BCUT2D eigenvalue weighted by Gasteiger charge is -2.23. The monoisotopic (exact) mass is 626 g/mol. The first kappa shape index (κ1) is 27.7. The molecule has 0 aliphatic heterocycles. The van der Waals surface area contributed by atoms with Gasteiger partial charge < -0.3 is 8.83 Å². The van der Waals surface area contributed by atoms with Crippen molar-refractivity contribution in [3.8, 4) is 22.3 Å². The van der Waals surface area contributed by atoms with Gasteiger partial charge in [-0.05, 0) is 80.7 Å². The van der Waals surface area contributed by atoms with E-state index in [1.165, 1.54) is 38.9 Å². The van der Waals surface area contributed by atoms with Crippen LogP contribution >= 0.6 is 0 Å². The Balaban J connectivity index is 1.31. The van der Waals surface area contributed by atoms with E-state index in [9.17, 15) is 0 Å². The summed E-state index contributed by atoms with van der Waals surface area (Å²) in [4.78, 5) is 0. The van der Waals surface area contributed by atoms with Crippen molar-refractivity contribution in [1.29, 1.82) is 0 Å². The smallest absolute Gasteiger partial charge is 0.143 e. The number of rotatable bonds is 5. The zero-order valence-corrected chi connectivity index (χ0v) is 26.6. The predicted molar refractivity (Wildman–Crippen MR) is 203 cm³/mol. The first-order chi connectivity index (χ1) is 24.3. The highest BCUT2D eigenvalue weighted by Crippen LogP contribution is 2.46. The zero-order chi connectivity index (χ0) is 32.3. The summed E-state index contributed by atoms with van der Waals surface area (Å²) >= 11 is 0. The Labute approximate surface area is 283 Å². The average molecular weight is 627 g/mol. The molecule has 0 N–H and O–H groups in total. The molecule has 1 unspecified atom stereocenters. The van der Waals surface area contributed by atoms with E-state index in [2.05, 4.69) is 164 Å². The molecule has 0 saturated carbocycles. The van der Waals surface area contributed by atoms with Crippen molar-refractivity contribution in [3.05, 3.63) is 193 Å². The van der Waals surface area contributed by atoms with Gasteiger partial charge >= 0.3 is 0 Å². The second-order valence-electron chi connectivity index (χ2n) is 12.8. The van der Waals surface area contributed by atoms with Crippen LogP contribution < -0.4 is 0 Å². The van der Waals surface area contributed by atoms with E-state index in [0.717, 1.165) is 54.6 Å². The summed E-state index contributed by atoms with van der Waals surface area (Å²) in [5.41, 5.74) is 12.1. The molecule has 49 heavy (non-hydrogen) atoms. The predicted octanol–water partition coefficient (Wildman–Crippen LogP) is 13.2. The molecule has 0 amide bonds. The highest BCUT2D eigenvalue weighted by atomic mass is 16.3. The Kier molecular flexibility index (Phi) is 6.28. The maximum Gasteiger partial charge on any atom is 0.143 e. The lowest BCUT2D eigenvalue weighted by molar-refractivity contribution is 0.668. The summed E-state index contributed by atoms with van der Waals surface area (Å²) < 4.78 is 13.0. The van der Waals surface area contributed by atoms with Crippen LogP contribution in [-0.4, -0.2) is 0 Å². The lowest BCUT2D eigenvalue weighted by atomic mass is 9.80. The van der Waals surface area contributed by atoms with Gasteiger partial charge in [0.1, 0.15) is 22.3 Å². The molecule has 10 aromatic rings. The van der Waals surface area contributed by atoms with Gasteiger partial charge in [0.15, 0.2) is 0 Å². The SMILES string of the molecule is c1ccc(-c2ccc(C(c3ccc4oc5ccccc5c4c3)c3cc4ccccc4c4oc5ccccc5c34)cc2-c2ccccc2)cc1. The number of hydrogen-bond acceptors (Lipinski definition) is 2. The van der Waals surface area contributed by atoms with Crippen molar-refractivity contribution < 1.29 is 8.83 Å². The molecule has 0 radical (unpaired) electrons. The standard InChI is InChI=1S/C47H30O2/c1-3-13-30(14-4-1)35-25-23-33(28-39(35)31-15-5-2-6-16-31)45(34-24-26-44-40(29-34)37-19-9-11-21-42(37)48-44)41-27-32-17-7-8-18-36(32)47-46(41)38-20-10-12-22-43(38)49-47/h1-29,45H. The fourth-order valence-electron chi connectivity index (χ4n) is 7.76. The van der Waals surface area contributed by atoms with Crippen molar-refractivity contribution in [2.24, 2.45) is 0 Å². The molecule has 0 bridgehead atoms. The number of fused-ring (bicyclic) bond motifs is 8. The fraction of sp³-hybridized carbons (Fsp3) is 0.0213. The first-order valence-electron chi connectivity index (χ1n) is 16.8. The molecule has 0 fully saturated rings. The third-order valence-corrected chi connectivity index (χ3v) is 9.99. The van der Waals surface area contributed by atoms with Gasteiger partial charge in [0.25, 0.3) is 0 Å². The number of furan rings is 2. The molecule has 2 nitrogen and oxygen atoms in total. The van der Waals surface area contributed by atoms with Gasteiger partial charge in [-0.3, -0.25) is 0 Å². The molecule has 0 aliphatic carbocycles. The lowest BCUT2D eigenvalue weighted by Crippen LogP contribution is -2.05. The zero-order valence-electron chi connectivity index (χ0n) is 26.6. The quantitative estimate of drug-likeness (QED) is 0.178. The van der Waals surface area contributed by atoms with Gasteiger partial charge in [0, 0.05) is 32.8 Å². The summed E-state index contributed by atoms with van der Waals surface area (Å²) in [6.45, 7) is 0. The van der Waals surface area contributed by atoms with Crippen LogP contribution in [0.15, 0.2) is 185 Å². The molecule has 0 spiro atoms. The van der Waals surface area contributed by atoms with Crippen molar-refractivity contribution in [1.82, 2.24) is 0 Å². The van der Waals surface area contributed by atoms with Crippen LogP contribution in [0.3, 0.4) is 0 Å². The highest BCUT2D eigenvalue weighted by molar-refractivity contribution is 6.17. The van der Waals surface area contributed by atoms with Crippen molar-refractivity contribution in [2.75, 3.05) is 0 Å². The summed E-state index contributed by atoms with van der Waals surface area (Å²) in [5.74, 6) is -0.0986. The van der Waals surface area contributed by atoms with E-state index in [4.69, 9.17) is 8.83 Å². The Morgan fingerprint density at radius 2 is 0.939 bits per heavy atom. The molecule has 2 aromatic heterocycles. The Morgan fingerprint density at radius 1 is 0.367 bits per heavy atom. The van der Waals surface area contributed by atoms with E-state index in [-0.39, 0.29) is 5.92 Å². The maximum atomic E-state index is 6.70. The molecular formula is C47H30O2. The van der Waals surface area contributed by atoms with Crippen LogP contribution in [0, 0.1) is 0 Å². The van der Waals surface area contributed by atoms with E-state index in [1.807, 2.05) is 12.1 Å². The topological polar surface area (TPSA) is 26.3 Å². The van der Waals surface area contributed by atoms with E-state index in [0.29, 0.717) is 0 Å². The summed E-state index contributed by atoms with van der Waals surface area (Å²) in [7, 11) is 0. The van der Waals surface area contributed by atoms with Crippen LogP contribution in [-0.2, 0) is 0 Å². The molecule has 2 heterocycles. The van der Waals surface area contributed by atoms with Crippen molar-refractivity contribution in [3.63, 3.8) is 0 Å². The van der Waals surface area contributed by atoms with Gasteiger partial charge in [-0.2, -0.15) is 0 Å². The average Bonchev–Trinajstić information content (AvgIpc) is 3.75. The molecule has 8 aromatic carbocycles. The van der Waals surface area contributed by atoms with Gasteiger partial charge in [-0.25, -0.2) is 0 Å². The first-order valence-corrected chi connectivity index (χ1v) is 16.8. The molecule has 230 valence electrons. The minimum absolute atomic E-state index is 0.0986. The largest absolute Gasteiger partial charge is 0.456 e. The van der Waals surface area contributed by atoms with Crippen LogP contribution in [0.5, 0.6) is 0 Å². The van der Waals surface area contributed by atoms with Crippen LogP contribution in [0.1, 0.15) is 22.6 Å². The molecule has 0 aliphatic rings. The van der Waals surface area contributed by atoms with Gasteiger partial charge in [-0.15, -0.1) is 0 Å². The molecule has 0 saturated heterocycles. The normalized spacial score (nSPS) is 12.4. The highest BCUT2D eigenvalue weighted by Gasteiger charge is 2.26. The third kappa shape index (κ3) is 4.49. The summed E-state index contributed by atoms with van der Waals surface area (Å²) in [6, 6.07) is 62.9. The summed E-state index contributed by atoms with van der Waals surface area (Å²) in [6.07, 6.45) is 0. The minimum Gasteiger partial charge on any atom is -0.456 e. The van der Waals surface area contributed by atoms with Gasteiger partial charge in [0.2, 0.25) is 0 Å². The van der Waals surface area contributed by atoms with Gasteiger partial charge in [-0.1, -0.05) is 140 Å². The summed E-state index contributed by atoms with van der Waals surface area (Å²) in [5, 5.41) is 6.81. The Hall–Kier alpha value is -6.38. The van der Waals surface area contributed by atoms with Crippen molar-refractivity contribution >= 4 is 54.6 Å². The molecular weight excluding hydrogens is 597 g/mol. The second kappa shape index (κ2) is 11.1. The number of hydrogen-bond donors (Lipinski definition) is 0. The van der Waals surface area contributed by atoms with E-state index < -0.39 is 0 Å². The van der Waals surface area contributed by atoms with E-state index >= 15 is 0 Å². The van der Waals surface area contributed by atoms with Crippen molar-refractivity contribution in [2.45, 2.75) is 5.92 Å². The second-order valence-corrected chi connectivity index (χ2v) is 12.8. The fourth-order valence-corrected chi connectivity index (χ4v) is 7.76. The molecule has 10 rings (SSSR count). The van der Waals surface area contributed by atoms with Crippen LogP contribution in [0.2, 0.25) is 0 Å². The van der Waals surface area contributed by atoms with Crippen LogP contribution in [0.25, 0.3) is 76.9 Å². The number of benzene rings is 8. The molecule has 1 atom stereocenters.